The smallest absolute Gasteiger partial charge is 0.244 e. The third kappa shape index (κ3) is 10.8. The maximum Gasteiger partial charge on any atom is 0.244 e. The highest BCUT2D eigenvalue weighted by Crippen LogP contribution is 2.24. The second-order valence-corrected chi connectivity index (χ2v) is 9.57. The van der Waals surface area contributed by atoms with Crippen LogP contribution in [0.2, 0.25) is 5.02 Å². The van der Waals surface area contributed by atoms with E-state index >= 15 is 0 Å². The monoisotopic (exact) mass is 603 g/mol. The van der Waals surface area contributed by atoms with Gasteiger partial charge in [-0.2, -0.15) is 5.10 Å². The van der Waals surface area contributed by atoms with Gasteiger partial charge in [-0.25, -0.2) is 0 Å². The summed E-state index contributed by atoms with van der Waals surface area (Å²) in [5.74, 6) is 2.71. The molecule has 1 saturated heterocycles. The Hall–Kier alpha value is -2.79. The number of hydrogen-bond donors (Lipinski definition) is 0. The summed E-state index contributed by atoms with van der Waals surface area (Å²) >= 11 is 12.9. The highest BCUT2D eigenvalue weighted by molar-refractivity contribution is 6.32. The second kappa shape index (κ2) is 20.1. The maximum absolute atomic E-state index is 13.1. The van der Waals surface area contributed by atoms with Crippen LogP contribution in [0.25, 0.3) is 6.08 Å². The quantitative estimate of drug-likeness (QED) is 0.218. The van der Waals surface area contributed by atoms with E-state index in [1.807, 2.05) is 82.9 Å². The number of carbonyl (C=O) groups is 1. The highest BCUT2D eigenvalue weighted by Gasteiger charge is 2.24. The van der Waals surface area contributed by atoms with E-state index in [-0.39, 0.29) is 24.6 Å². The van der Waals surface area contributed by atoms with Gasteiger partial charge in [-0.1, -0.05) is 69.8 Å². The minimum absolute atomic E-state index is 0.0334. The second-order valence-electron chi connectivity index (χ2n) is 8.75. The van der Waals surface area contributed by atoms with Crippen LogP contribution in [0.3, 0.4) is 0 Å². The summed E-state index contributed by atoms with van der Waals surface area (Å²) in [5.41, 5.74) is 2.58. The number of aromatic nitrogens is 2. The first kappa shape index (κ1) is 36.2. The Balaban J connectivity index is 0.00000201. The summed E-state index contributed by atoms with van der Waals surface area (Å²) in [7, 11) is 1.63. The van der Waals surface area contributed by atoms with Crippen molar-refractivity contribution in [2.24, 2.45) is 4.99 Å². The summed E-state index contributed by atoms with van der Waals surface area (Å²) in [5, 5.41) is 5.86. The van der Waals surface area contributed by atoms with Crippen LogP contribution in [0.4, 0.5) is 0 Å². The van der Waals surface area contributed by atoms with Gasteiger partial charge in [-0.3, -0.25) is 14.5 Å². The number of methoxy groups -OCH3 is 1. The Morgan fingerprint density at radius 3 is 2.49 bits per heavy atom. The van der Waals surface area contributed by atoms with Crippen LogP contribution in [0.5, 0.6) is 0 Å². The molecule has 2 atom stereocenters. The van der Waals surface area contributed by atoms with E-state index < -0.39 is 0 Å². The number of aliphatic imine (C=N–C) groups is 1. The van der Waals surface area contributed by atoms with Crippen LogP contribution >= 0.6 is 23.2 Å². The minimum Gasteiger partial charge on any atom is -0.372 e. The molecule has 1 amide bonds. The third-order valence-electron chi connectivity index (χ3n) is 6.42. The lowest BCUT2D eigenvalue weighted by atomic mass is 10.1. The fraction of sp³-hybridized carbons (Fsp3) is 0.531. The molecule has 0 saturated carbocycles. The standard InChI is InChI=1S/C28H35Cl2N5O2.2C2H6/c1-5-21(31-7-3)10-8-9-11-24-28(30)25(6-2)35(32-24)20-27(36)34-18-16-33(17-19-34)22-12-14-23(29)26(37-4)15-13-22;2*1-2/h1,7,9,11-15,21,26H,6,8,10,16-20H2,2-4H3;2*1-2H3/b11-9+,31-7?;;. The molecule has 2 aliphatic rings. The lowest BCUT2D eigenvalue weighted by Gasteiger charge is -2.36. The molecule has 0 aromatic carbocycles. The van der Waals surface area contributed by atoms with E-state index in [0.717, 1.165) is 37.3 Å². The fourth-order valence-electron chi connectivity index (χ4n) is 4.34. The van der Waals surface area contributed by atoms with Crippen molar-refractivity contribution in [1.29, 1.82) is 0 Å². The minimum atomic E-state index is -0.234. The summed E-state index contributed by atoms with van der Waals surface area (Å²) < 4.78 is 7.11. The number of terminal acetylenes is 1. The average Bonchev–Trinajstić information content (AvgIpc) is 3.17. The van der Waals surface area contributed by atoms with Crippen LogP contribution in [0, 0.1) is 12.3 Å². The zero-order chi connectivity index (χ0) is 30.8. The number of halogens is 2. The maximum atomic E-state index is 13.1. The van der Waals surface area contributed by atoms with Gasteiger partial charge in [-0.15, -0.1) is 6.42 Å². The van der Waals surface area contributed by atoms with E-state index in [9.17, 15) is 4.79 Å². The van der Waals surface area contributed by atoms with Crippen molar-refractivity contribution in [1.82, 2.24) is 19.6 Å². The molecule has 1 aliphatic carbocycles. The van der Waals surface area contributed by atoms with E-state index in [1.165, 1.54) is 0 Å². The molecule has 1 fully saturated rings. The first-order chi connectivity index (χ1) is 19.9. The molecule has 0 radical (unpaired) electrons. The lowest BCUT2D eigenvalue weighted by Crippen LogP contribution is -2.49. The molecule has 2 heterocycles. The first-order valence-electron chi connectivity index (χ1n) is 14.6. The molecular weight excluding hydrogens is 557 g/mol. The predicted molar refractivity (Wildman–Crippen MR) is 174 cm³/mol. The number of rotatable bonds is 10. The van der Waals surface area contributed by atoms with Crippen molar-refractivity contribution < 1.29 is 9.53 Å². The Kier molecular flexibility index (Phi) is 17.8. The average molecular weight is 605 g/mol. The lowest BCUT2D eigenvalue weighted by molar-refractivity contribution is -0.133. The van der Waals surface area contributed by atoms with Gasteiger partial charge in [0.2, 0.25) is 5.91 Å². The number of nitrogens with zero attached hydrogens (tertiary/aromatic N) is 5. The van der Waals surface area contributed by atoms with Gasteiger partial charge in [0, 0.05) is 39.0 Å². The Morgan fingerprint density at radius 1 is 1.22 bits per heavy atom. The van der Waals surface area contributed by atoms with Gasteiger partial charge in [0.05, 0.1) is 15.7 Å². The molecular formula is C32H47Cl2N5O2. The highest BCUT2D eigenvalue weighted by atomic mass is 35.5. The molecule has 1 aromatic rings. The van der Waals surface area contributed by atoms with Crippen LogP contribution in [0.15, 0.2) is 46.1 Å². The number of ether oxygens (including phenoxy) is 1. The van der Waals surface area contributed by atoms with Crippen molar-refractivity contribution in [2.45, 2.75) is 79.5 Å². The van der Waals surface area contributed by atoms with E-state index in [2.05, 4.69) is 20.9 Å². The van der Waals surface area contributed by atoms with Gasteiger partial charge in [-0.05, 0) is 62.8 Å². The molecule has 7 nitrogen and oxygen atoms in total. The normalized spacial score (nSPS) is 17.6. The van der Waals surface area contributed by atoms with Crippen LogP contribution in [-0.2, 0) is 22.5 Å². The number of hydrogen-bond acceptors (Lipinski definition) is 5. The first-order valence-corrected chi connectivity index (χ1v) is 15.3. The van der Waals surface area contributed by atoms with Crippen LogP contribution in [-0.4, -0.2) is 77.1 Å². The molecule has 226 valence electrons. The van der Waals surface area contributed by atoms with Gasteiger partial charge in [0.25, 0.3) is 0 Å². The Morgan fingerprint density at radius 2 is 1.90 bits per heavy atom. The topological polar surface area (TPSA) is 63.0 Å². The Bertz CT molecular complexity index is 1140. The zero-order valence-electron chi connectivity index (χ0n) is 25.7. The van der Waals surface area contributed by atoms with Crippen molar-refractivity contribution in [3.8, 4) is 12.3 Å². The molecule has 9 heteroatoms. The molecule has 41 heavy (non-hydrogen) atoms. The molecule has 0 N–H and O–H groups in total. The summed E-state index contributed by atoms with van der Waals surface area (Å²) in [6.45, 7) is 14.8. The molecule has 0 bridgehead atoms. The van der Waals surface area contributed by atoms with Gasteiger partial charge < -0.3 is 14.5 Å². The largest absolute Gasteiger partial charge is 0.372 e. The van der Waals surface area contributed by atoms with E-state index in [4.69, 9.17) is 34.4 Å². The van der Waals surface area contributed by atoms with Gasteiger partial charge in [0.1, 0.15) is 24.4 Å². The number of carbonyl (C=O) groups excluding carboxylic acids is 1. The zero-order valence-corrected chi connectivity index (χ0v) is 27.3. The number of allylic oxidation sites excluding steroid dienone is 4. The van der Waals surface area contributed by atoms with Crippen LogP contribution < -0.4 is 0 Å². The number of amides is 1. The molecule has 3 rings (SSSR count). The van der Waals surface area contributed by atoms with E-state index in [0.29, 0.717) is 35.3 Å². The molecule has 1 aliphatic heterocycles. The van der Waals surface area contributed by atoms with Crippen molar-refractivity contribution >= 4 is 41.4 Å². The SMILES string of the molecule is C#CC(CC/C=C/c1nn(CC(=O)N2CCN(C3=CC=C(Cl)C(OC)C=C3)CC2)c(CC)c1Cl)N=CC.CC.CC. The molecule has 0 spiro atoms. The summed E-state index contributed by atoms with van der Waals surface area (Å²) in [6.07, 6.45) is 20.9. The van der Waals surface area contributed by atoms with Crippen molar-refractivity contribution in [3.05, 3.63) is 57.5 Å². The predicted octanol–water partition coefficient (Wildman–Crippen LogP) is 6.77. The van der Waals surface area contributed by atoms with Crippen LogP contribution in [0.1, 0.15) is 65.8 Å². The fourth-order valence-corrected chi connectivity index (χ4v) is 4.89. The summed E-state index contributed by atoms with van der Waals surface area (Å²) in [6, 6.07) is -0.126. The molecule has 2 unspecified atom stereocenters. The molecule has 1 aromatic heterocycles. The third-order valence-corrected chi connectivity index (χ3v) is 7.17. The Labute approximate surface area is 257 Å². The van der Waals surface area contributed by atoms with Crippen molar-refractivity contribution in [2.75, 3.05) is 33.3 Å². The van der Waals surface area contributed by atoms with Crippen molar-refractivity contribution in [3.63, 3.8) is 0 Å². The number of piperazine rings is 1. The summed E-state index contributed by atoms with van der Waals surface area (Å²) in [4.78, 5) is 21.5. The van der Waals surface area contributed by atoms with E-state index in [1.54, 1.807) is 18.0 Å². The van der Waals surface area contributed by atoms with Gasteiger partial charge >= 0.3 is 0 Å². The van der Waals surface area contributed by atoms with Gasteiger partial charge in [0.15, 0.2) is 0 Å².